The molecular formula is C13H18O4. The van der Waals surface area contributed by atoms with Crippen molar-refractivity contribution >= 4 is 5.97 Å². The number of methoxy groups -OCH3 is 1. The summed E-state index contributed by atoms with van der Waals surface area (Å²) in [7, 11) is 1.37. The van der Waals surface area contributed by atoms with Crippen LogP contribution in [0.2, 0.25) is 0 Å². The third-order valence-electron chi connectivity index (χ3n) is 2.21. The highest BCUT2D eigenvalue weighted by atomic mass is 16.6. The molecule has 2 rings (SSSR count). The summed E-state index contributed by atoms with van der Waals surface area (Å²) in [5.74, 6) is 1.08. The van der Waals surface area contributed by atoms with Crippen molar-refractivity contribution in [3.63, 3.8) is 0 Å². The minimum atomic E-state index is -0.280. The van der Waals surface area contributed by atoms with E-state index < -0.39 is 0 Å². The Morgan fingerprint density at radius 2 is 2.00 bits per heavy atom. The van der Waals surface area contributed by atoms with Gasteiger partial charge in [-0.15, -0.1) is 0 Å². The van der Waals surface area contributed by atoms with E-state index in [1.165, 1.54) is 7.11 Å². The first kappa shape index (κ1) is 13.4. The zero-order valence-electron chi connectivity index (χ0n) is 10.5. The maximum Gasteiger partial charge on any atom is 0.310 e. The van der Waals surface area contributed by atoms with Crippen molar-refractivity contribution in [2.75, 3.05) is 20.3 Å². The van der Waals surface area contributed by atoms with E-state index in [0.29, 0.717) is 24.7 Å². The highest BCUT2D eigenvalue weighted by molar-refractivity contribution is 5.74. The molecule has 0 atom stereocenters. The Morgan fingerprint density at radius 3 is 2.71 bits per heavy atom. The molecule has 0 amide bonds. The Hall–Kier alpha value is -1.71. The topological polar surface area (TPSA) is 44.8 Å². The molecule has 0 saturated heterocycles. The van der Waals surface area contributed by atoms with Gasteiger partial charge in [0.15, 0.2) is 11.5 Å². The molecule has 1 heterocycles. The van der Waals surface area contributed by atoms with Crippen molar-refractivity contribution in [1.82, 2.24) is 0 Å². The van der Waals surface area contributed by atoms with Crippen LogP contribution in [-0.2, 0) is 16.0 Å². The lowest BCUT2D eigenvalue weighted by Crippen LogP contribution is -2.17. The van der Waals surface area contributed by atoms with Crippen LogP contribution < -0.4 is 9.47 Å². The van der Waals surface area contributed by atoms with Gasteiger partial charge in [0.25, 0.3) is 0 Å². The number of benzene rings is 1. The summed E-state index contributed by atoms with van der Waals surface area (Å²) in [6.07, 6.45) is 0.211. The fourth-order valence-electron chi connectivity index (χ4n) is 1.50. The van der Waals surface area contributed by atoms with Gasteiger partial charge in [-0.2, -0.15) is 0 Å². The van der Waals surface area contributed by atoms with Crippen molar-refractivity contribution in [2.24, 2.45) is 0 Å². The molecule has 0 unspecified atom stereocenters. The summed E-state index contributed by atoms with van der Waals surface area (Å²) in [5, 5.41) is 0. The van der Waals surface area contributed by atoms with Crippen molar-refractivity contribution in [1.29, 1.82) is 0 Å². The van der Waals surface area contributed by atoms with Gasteiger partial charge in [-0.05, 0) is 6.07 Å². The van der Waals surface area contributed by atoms with Crippen LogP contribution in [0.15, 0.2) is 18.2 Å². The highest BCUT2D eigenvalue weighted by Crippen LogP contribution is 2.33. The van der Waals surface area contributed by atoms with E-state index in [1.807, 2.05) is 32.0 Å². The molecule has 1 aliphatic heterocycles. The molecule has 4 nitrogen and oxygen atoms in total. The van der Waals surface area contributed by atoms with Crippen molar-refractivity contribution in [2.45, 2.75) is 20.3 Å². The Balaban J connectivity index is 0.000000686. The molecule has 1 aromatic carbocycles. The van der Waals surface area contributed by atoms with E-state index in [9.17, 15) is 4.79 Å². The van der Waals surface area contributed by atoms with E-state index in [-0.39, 0.29) is 12.4 Å². The second kappa shape index (κ2) is 6.78. The third-order valence-corrected chi connectivity index (χ3v) is 2.21. The van der Waals surface area contributed by atoms with Crippen LogP contribution in [0.3, 0.4) is 0 Å². The number of hydrogen-bond donors (Lipinski definition) is 0. The molecule has 4 heteroatoms. The number of carbonyl (C=O) groups excluding carboxylic acids is 1. The Morgan fingerprint density at radius 1 is 1.29 bits per heavy atom. The number of ether oxygens (including phenoxy) is 3. The Labute approximate surface area is 101 Å². The minimum absolute atomic E-state index is 0.211. The van der Waals surface area contributed by atoms with E-state index in [2.05, 4.69) is 4.74 Å². The van der Waals surface area contributed by atoms with Crippen molar-refractivity contribution in [3.8, 4) is 11.5 Å². The lowest BCUT2D eigenvalue weighted by molar-refractivity contribution is -0.139. The number of para-hydroxylation sites is 1. The standard InChI is InChI=1S/C11H12O4.C2H6/c1-13-10(12)7-8-3-2-4-9-11(8)15-6-5-14-9;1-2/h2-4H,5-7H2,1H3;1-2H3. The molecule has 0 saturated carbocycles. The van der Waals surface area contributed by atoms with E-state index in [1.54, 1.807) is 0 Å². The van der Waals surface area contributed by atoms with Gasteiger partial charge in [0.1, 0.15) is 13.2 Å². The van der Waals surface area contributed by atoms with Crippen LogP contribution in [0.5, 0.6) is 11.5 Å². The second-order valence-electron chi connectivity index (χ2n) is 3.19. The van der Waals surface area contributed by atoms with Crippen LogP contribution in [0.4, 0.5) is 0 Å². The molecule has 0 spiro atoms. The van der Waals surface area contributed by atoms with Gasteiger partial charge >= 0.3 is 5.97 Å². The van der Waals surface area contributed by atoms with Gasteiger partial charge in [-0.3, -0.25) is 4.79 Å². The average molecular weight is 238 g/mol. The monoisotopic (exact) mass is 238 g/mol. The molecular weight excluding hydrogens is 220 g/mol. The summed E-state index contributed by atoms with van der Waals surface area (Å²) in [6.45, 7) is 5.07. The van der Waals surface area contributed by atoms with Gasteiger partial charge < -0.3 is 14.2 Å². The summed E-state index contributed by atoms with van der Waals surface area (Å²) in [4.78, 5) is 11.1. The van der Waals surface area contributed by atoms with Crippen LogP contribution in [0.1, 0.15) is 19.4 Å². The number of rotatable bonds is 2. The first-order valence-electron chi connectivity index (χ1n) is 5.75. The zero-order valence-corrected chi connectivity index (χ0v) is 10.5. The van der Waals surface area contributed by atoms with Gasteiger partial charge in [0, 0.05) is 5.56 Å². The van der Waals surface area contributed by atoms with Gasteiger partial charge in [0.2, 0.25) is 0 Å². The predicted octanol–water partition coefficient (Wildman–Crippen LogP) is 2.20. The second-order valence-corrected chi connectivity index (χ2v) is 3.19. The van der Waals surface area contributed by atoms with Crippen molar-refractivity contribution < 1.29 is 19.0 Å². The number of carbonyl (C=O) groups is 1. The molecule has 1 aliphatic rings. The highest BCUT2D eigenvalue weighted by Gasteiger charge is 2.17. The number of fused-ring (bicyclic) bond motifs is 1. The van der Waals surface area contributed by atoms with Crippen LogP contribution in [0, 0.1) is 0 Å². The summed E-state index contributed by atoms with van der Waals surface area (Å²) in [5.41, 5.74) is 0.805. The van der Waals surface area contributed by atoms with Crippen molar-refractivity contribution in [3.05, 3.63) is 23.8 Å². The fraction of sp³-hybridized carbons (Fsp3) is 0.462. The van der Waals surface area contributed by atoms with Crippen LogP contribution >= 0.6 is 0 Å². The smallest absolute Gasteiger partial charge is 0.310 e. The molecule has 17 heavy (non-hydrogen) atoms. The van der Waals surface area contributed by atoms with Crippen LogP contribution in [-0.4, -0.2) is 26.3 Å². The van der Waals surface area contributed by atoms with Gasteiger partial charge in [-0.25, -0.2) is 0 Å². The predicted molar refractivity (Wildman–Crippen MR) is 64.5 cm³/mol. The zero-order chi connectivity index (χ0) is 12.7. The minimum Gasteiger partial charge on any atom is -0.486 e. The van der Waals surface area contributed by atoms with Crippen LogP contribution in [0.25, 0.3) is 0 Å². The lowest BCUT2D eigenvalue weighted by Gasteiger charge is -2.20. The first-order valence-corrected chi connectivity index (χ1v) is 5.75. The molecule has 0 radical (unpaired) electrons. The van der Waals surface area contributed by atoms with Gasteiger partial charge in [0.05, 0.1) is 13.5 Å². The fourth-order valence-corrected chi connectivity index (χ4v) is 1.50. The lowest BCUT2D eigenvalue weighted by atomic mass is 10.1. The van der Waals surface area contributed by atoms with E-state index in [4.69, 9.17) is 9.47 Å². The summed E-state index contributed by atoms with van der Waals surface area (Å²) in [6, 6.07) is 5.51. The Bertz CT molecular complexity index is 374. The molecule has 94 valence electrons. The third kappa shape index (κ3) is 3.37. The maximum absolute atomic E-state index is 11.1. The van der Waals surface area contributed by atoms with E-state index in [0.717, 1.165) is 5.56 Å². The summed E-state index contributed by atoms with van der Waals surface area (Å²) >= 11 is 0. The average Bonchev–Trinajstić information content (AvgIpc) is 2.41. The molecule has 0 aliphatic carbocycles. The molecule has 0 N–H and O–H groups in total. The molecule has 0 fully saturated rings. The number of hydrogen-bond acceptors (Lipinski definition) is 4. The number of esters is 1. The maximum atomic E-state index is 11.1. The Kier molecular flexibility index (Phi) is 5.33. The van der Waals surface area contributed by atoms with Gasteiger partial charge in [-0.1, -0.05) is 26.0 Å². The first-order chi connectivity index (χ1) is 8.31. The normalized spacial score (nSPS) is 12.2. The van der Waals surface area contributed by atoms with E-state index >= 15 is 0 Å². The molecule has 1 aromatic rings. The summed E-state index contributed by atoms with van der Waals surface area (Å²) < 4.78 is 15.5. The SMILES string of the molecule is CC.COC(=O)Cc1cccc2c1OCCO2. The largest absolute Gasteiger partial charge is 0.486 e. The molecule has 0 bridgehead atoms. The molecule has 0 aromatic heterocycles. The quantitative estimate of drug-likeness (QED) is 0.741.